The lowest BCUT2D eigenvalue weighted by atomic mass is 9.84. The smallest absolute Gasteiger partial charge is 0.277 e. The first-order chi connectivity index (χ1) is 11.3. The molecule has 2 aliphatic rings. The molecule has 1 N–H and O–H groups in total. The van der Waals surface area contributed by atoms with Gasteiger partial charge in [-0.05, 0) is 43.9 Å². The first kappa shape index (κ1) is 16.4. The van der Waals surface area contributed by atoms with Gasteiger partial charge in [0.15, 0.2) is 0 Å². The summed E-state index contributed by atoms with van der Waals surface area (Å²) in [4.78, 5) is 32.8. The van der Waals surface area contributed by atoms with Gasteiger partial charge in [0.25, 0.3) is 17.3 Å². The zero-order valence-corrected chi connectivity index (χ0v) is 13.3. The van der Waals surface area contributed by atoms with E-state index in [-0.39, 0.29) is 11.6 Å². The molecule has 0 unspecified atom stereocenters. The van der Waals surface area contributed by atoms with E-state index in [9.17, 15) is 25.0 Å². The Bertz CT molecular complexity index is 673. The third kappa shape index (κ3) is 3.08. The van der Waals surface area contributed by atoms with Crippen LogP contribution in [0.2, 0.25) is 0 Å². The Balaban J connectivity index is 1.76. The zero-order valence-electron chi connectivity index (χ0n) is 13.3. The number of carbonyl (C=O) groups excluding carboxylic acids is 1. The Hall–Kier alpha value is -2.51. The second-order valence-electron chi connectivity index (χ2n) is 6.85. The van der Waals surface area contributed by atoms with E-state index in [1.54, 1.807) is 0 Å². The number of nitro groups is 2. The van der Waals surface area contributed by atoms with Crippen LogP contribution in [0, 0.1) is 38.0 Å². The minimum absolute atomic E-state index is 0.0499. The van der Waals surface area contributed by atoms with Crippen LogP contribution in [0.5, 0.6) is 0 Å². The third-order valence-corrected chi connectivity index (χ3v) is 5.38. The van der Waals surface area contributed by atoms with Crippen LogP contribution in [0.4, 0.5) is 11.4 Å². The number of carbonyl (C=O) groups is 1. The Morgan fingerprint density at radius 3 is 2.21 bits per heavy atom. The molecule has 0 spiro atoms. The molecule has 24 heavy (non-hydrogen) atoms. The van der Waals surface area contributed by atoms with Crippen LogP contribution in [0.25, 0.3) is 0 Å². The molecule has 2 fully saturated rings. The van der Waals surface area contributed by atoms with E-state index in [0.717, 1.165) is 30.5 Å². The summed E-state index contributed by atoms with van der Waals surface area (Å²) in [6.07, 6.45) is 4.77. The van der Waals surface area contributed by atoms with Crippen LogP contribution < -0.4 is 5.32 Å². The van der Waals surface area contributed by atoms with E-state index in [4.69, 9.17) is 0 Å². The molecular weight excluding hydrogens is 314 g/mol. The summed E-state index contributed by atoms with van der Waals surface area (Å²) < 4.78 is 0. The lowest BCUT2D eigenvalue weighted by molar-refractivity contribution is -0.394. The highest BCUT2D eigenvalue weighted by molar-refractivity contribution is 5.95. The molecule has 2 aliphatic carbocycles. The molecule has 2 saturated carbocycles. The first-order valence-electron chi connectivity index (χ1n) is 8.10. The molecular formula is C16H19N3O5. The molecule has 1 amide bonds. The van der Waals surface area contributed by atoms with Gasteiger partial charge in [-0.3, -0.25) is 25.0 Å². The zero-order chi connectivity index (χ0) is 17.4. The Morgan fingerprint density at radius 1 is 1.12 bits per heavy atom. The molecule has 0 heterocycles. The molecule has 3 rings (SSSR count). The molecule has 4 atom stereocenters. The van der Waals surface area contributed by atoms with Gasteiger partial charge in [-0.2, -0.15) is 0 Å². The van der Waals surface area contributed by atoms with Crippen molar-refractivity contribution in [1.29, 1.82) is 0 Å². The van der Waals surface area contributed by atoms with Crippen LogP contribution in [-0.4, -0.2) is 21.8 Å². The highest BCUT2D eigenvalue weighted by atomic mass is 16.6. The normalized spacial score (nSPS) is 26.1. The maximum atomic E-state index is 12.4. The average Bonchev–Trinajstić information content (AvgIpc) is 3.17. The third-order valence-electron chi connectivity index (χ3n) is 5.38. The highest BCUT2D eigenvalue weighted by Crippen LogP contribution is 2.49. The van der Waals surface area contributed by atoms with Crippen LogP contribution in [0.3, 0.4) is 0 Å². The van der Waals surface area contributed by atoms with Crippen molar-refractivity contribution in [1.82, 2.24) is 5.32 Å². The van der Waals surface area contributed by atoms with Gasteiger partial charge in [-0.25, -0.2) is 0 Å². The number of hydrogen-bond acceptors (Lipinski definition) is 5. The summed E-state index contributed by atoms with van der Waals surface area (Å²) in [5.74, 6) is 1.29. The van der Waals surface area contributed by atoms with E-state index in [2.05, 4.69) is 5.32 Å². The Kier molecular flexibility index (Phi) is 4.21. The van der Waals surface area contributed by atoms with E-state index < -0.39 is 27.1 Å². The maximum Gasteiger partial charge on any atom is 0.277 e. The quantitative estimate of drug-likeness (QED) is 0.656. The lowest BCUT2D eigenvalue weighted by Gasteiger charge is -2.28. The summed E-state index contributed by atoms with van der Waals surface area (Å²) in [6.45, 7) is 1.94. The van der Waals surface area contributed by atoms with E-state index in [1.807, 2.05) is 6.92 Å². The molecule has 0 radical (unpaired) electrons. The van der Waals surface area contributed by atoms with Crippen molar-refractivity contribution >= 4 is 17.3 Å². The Morgan fingerprint density at radius 2 is 1.75 bits per heavy atom. The van der Waals surface area contributed by atoms with E-state index >= 15 is 0 Å². The minimum atomic E-state index is -0.733. The van der Waals surface area contributed by atoms with Gasteiger partial charge in [-0.15, -0.1) is 0 Å². The van der Waals surface area contributed by atoms with Crippen molar-refractivity contribution in [3.8, 4) is 0 Å². The van der Waals surface area contributed by atoms with Gasteiger partial charge < -0.3 is 5.32 Å². The van der Waals surface area contributed by atoms with Crippen molar-refractivity contribution in [3.05, 3.63) is 44.0 Å². The minimum Gasteiger partial charge on any atom is -0.349 e. The molecule has 8 nitrogen and oxygen atoms in total. The largest absolute Gasteiger partial charge is 0.349 e. The summed E-state index contributed by atoms with van der Waals surface area (Å²) in [5, 5.41) is 24.7. The number of nitro benzene ring substituents is 2. The lowest BCUT2D eigenvalue weighted by Crippen LogP contribution is -2.40. The monoisotopic (exact) mass is 333 g/mol. The second kappa shape index (κ2) is 6.18. The second-order valence-corrected chi connectivity index (χ2v) is 6.85. The van der Waals surface area contributed by atoms with Crippen LogP contribution in [-0.2, 0) is 0 Å². The van der Waals surface area contributed by atoms with Gasteiger partial charge >= 0.3 is 0 Å². The average molecular weight is 333 g/mol. The fourth-order valence-corrected chi connectivity index (χ4v) is 4.24. The molecule has 1 aromatic carbocycles. The number of hydrogen-bond donors (Lipinski definition) is 1. The van der Waals surface area contributed by atoms with Crippen molar-refractivity contribution in [2.24, 2.45) is 17.8 Å². The fraction of sp³-hybridized carbons (Fsp3) is 0.562. The topological polar surface area (TPSA) is 115 Å². The maximum absolute atomic E-state index is 12.4. The number of rotatable bonds is 5. The van der Waals surface area contributed by atoms with E-state index in [1.165, 1.54) is 19.3 Å². The van der Waals surface area contributed by atoms with Crippen molar-refractivity contribution in [3.63, 3.8) is 0 Å². The Labute approximate surface area is 138 Å². The highest BCUT2D eigenvalue weighted by Gasteiger charge is 2.42. The van der Waals surface area contributed by atoms with Gasteiger partial charge in [-0.1, -0.05) is 6.42 Å². The van der Waals surface area contributed by atoms with Gasteiger partial charge in [0.05, 0.1) is 21.5 Å². The number of nitrogens with one attached hydrogen (secondary N) is 1. The number of non-ortho nitro benzene ring substituents is 2. The molecule has 0 aromatic heterocycles. The summed E-state index contributed by atoms with van der Waals surface area (Å²) in [6, 6.07) is 2.97. The molecule has 2 bridgehead atoms. The van der Waals surface area contributed by atoms with Crippen LogP contribution >= 0.6 is 0 Å². The summed E-state index contributed by atoms with van der Waals surface area (Å²) >= 11 is 0. The van der Waals surface area contributed by atoms with Crippen molar-refractivity contribution in [2.45, 2.75) is 38.6 Å². The molecule has 1 aromatic rings. The predicted molar refractivity (Wildman–Crippen MR) is 85.6 cm³/mol. The predicted octanol–water partition coefficient (Wildman–Crippen LogP) is 3.06. The molecule has 0 aliphatic heterocycles. The molecule has 0 saturated heterocycles. The first-order valence-corrected chi connectivity index (χ1v) is 8.10. The number of benzene rings is 1. The van der Waals surface area contributed by atoms with E-state index in [0.29, 0.717) is 11.8 Å². The molecule has 8 heteroatoms. The summed E-state index contributed by atoms with van der Waals surface area (Å²) in [7, 11) is 0. The van der Waals surface area contributed by atoms with Gasteiger partial charge in [0, 0.05) is 18.2 Å². The fourth-order valence-electron chi connectivity index (χ4n) is 4.24. The van der Waals surface area contributed by atoms with Crippen molar-refractivity contribution < 1.29 is 14.6 Å². The van der Waals surface area contributed by atoms with Crippen molar-refractivity contribution in [2.75, 3.05) is 0 Å². The number of nitrogens with zero attached hydrogens (tertiary/aromatic N) is 2. The number of fused-ring (bicyclic) bond motifs is 2. The van der Waals surface area contributed by atoms with Gasteiger partial charge in [0.2, 0.25) is 0 Å². The van der Waals surface area contributed by atoms with Crippen LogP contribution in [0.15, 0.2) is 18.2 Å². The standard InChI is InChI=1S/C16H19N3O5/c1-9(15-5-10-2-3-11(15)4-10)17-16(20)12-6-13(18(21)22)8-14(7-12)19(23)24/h6-11,15H,2-5H2,1H3,(H,17,20)/t9-,10-,11-,15-/m0/s1. The number of amides is 1. The SMILES string of the molecule is C[C@H](NC(=O)c1cc([N+](=O)[O-])cc([N+](=O)[O-])c1)[C@@H]1C[C@H]2CC[C@H]1C2. The molecule has 128 valence electrons. The summed E-state index contributed by atoms with van der Waals surface area (Å²) in [5.41, 5.74) is -0.963. The van der Waals surface area contributed by atoms with Crippen LogP contribution in [0.1, 0.15) is 43.0 Å². The van der Waals surface area contributed by atoms with Gasteiger partial charge in [0.1, 0.15) is 0 Å².